The van der Waals surface area contributed by atoms with E-state index in [0.717, 1.165) is 32.1 Å². The number of halogens is 3. The van der Waals surface area contributed by atoms with Gasteiger partial charge in [-0.1, -0.05) is 32.3 Å². The summed E-state index contributed by atoms with van der Waals surface area (Å²) in [4.78, 5) is 4.69. The second kappa shape index (κ2) is 14.7. The van der Waals surface area contributed by atoms with Gasteiger partial charge in [0, 0.05) is 6.92 Å². The standard InChI is InChI=1S/C30H49F3NO5P/c1-10-11-12-13-14-22(2)37-26-16-15-24(19-25(26)30(31,32)33)17-18-29(20-35-23(3)34-29)21-36-40(38-27(4,5)6)39-28(7,8)9/h15-16,19,22H,10-14,17-18,20-21H2,1-9H3. The number of aliphatic imine (C=N–C) groups is 1. The molecule has 0 aliphatic carbocycles. The van der Waals surface area contributed by atoms with Crippen LogP contribution in [0.1, 0.15) is 112 Å². The van der Waals surface area contributed by atoms with Gasteiger partial charge in [0.1, 0.15) is 17.9 Å². The van der Waals surface area contributed by atoms with Gasteiger partial charge in [-0.05, 0) is 91.8 Å². The minimum Gasteiger partial charge on any atom is -0.490 e. The molecule has 230 valence electrons. The molecule has 1 aliphatic rings. The Bertz CT molecular complexity index is 942. The third kappa shape index (κ3) is 12.6. The van der Waals surface area contributed by atoms with Crippen LogP contribution in [0.4, 0.5) is 13.2 Å². The van der Waals surface area contributed by atoms with E-state index in [9.17, 15) is 13.2 Å². The van der Waals surface area contributed by atoms with Crippen LogP contribution < -0.4 is 4.74 Å². The maximum atomic E-state index is 14.0. The minimum atomic E-state index is -4.52. The van der Waals surface area contributed by atoms with Crippen LogP contribution in [0.25, 0.3) is 0 Å². The molecular formula is C30H49F3NO5P. The van der Waals surface area contributed by atoms with Crippen molar-refractivity contribution in [2.75, 3.05) is 13.2 Å². The first-order chi connectivity index (χ1) is 18.4. The lowest BCUT2D eigenvalue weighted by Gasteiger charge is -2.32. The lowest BCUT2D eigenvalue weighted by atomic mass is 9.93. The monoisotopic (exact) mass is 591 g/mol. The lowest BCUT2D eigenvalue weighted by Crippen LogP contribution is -2.35. The fourth-order valence-electron chi connectivity index (χ4n) is 4.17. The van der Waals surface area contributed by atoms with Crippen LogP contribution in [-0.2, 0) is 30.9 Å². The molecule has 1 aromatic carbocycles. The lowest BCUT2D eigenvalue weighted by molar-refractivity contribution is -0.139. The molecule has 2 unspecified atom stereocenters. The Kier molecular flexibility index (Phi) is 12.8. The van der Waals surface area contributed by atoms with Crippen LogP contribution in [-0.4, -0.2) is 42.0 Å². The number of ether oxygens (including phenoxy) is 2. The Morgan fingerprint density at radius 2 is 1.68 bits per heavy atom. The number of unbranched alkanes of at least 4 members (excludes halogenated alkanes) is 3. The molecule has 0 saturated heterocycles. The second-order valence-electron chi connectivity index (χ2n) is 12.7. The Morgan fingerprint density at radius 1 is 1.02 bits per heavy atom. The molecule has 0 amide bonds. The summed E-state index contributed by atoms with van der Waals surface area (Å²) in [6, 6.07) is 4.34. The van der Waals surface area contributed by atoms with Crippen LogP contribution in [0.15, 0.2) is 23.2 Å². The van der Waals surface area contributed by atoms with Crippen LogP contribution in [0.5, 0.6) is 5.75 Å². The van der Waals surface area contributed by atoms with Gasteiger partial charge in [-0.15, -0.1) is 0 Å². The molecular weight excluding hydrogens is 542 g/mol. The molecule has 40 heavy (non-hydrogen) atoms. The topological polar surface area (TPSA) is 58.5 Å². The number of alkyl halides is 3. The zero-order valence-electron chi connectivity index (χ0n) is 25.7. The second-order valence-corrected chi connectivity index (χ2v) is 13.7. The highest BCUT2D eigenvalue weighted by Crippen LogP contribution is 2.48. The number of nitrogens with zero attached hydrogens (tertiary/aromatic N) is 1. The quantitative estimate of drug-likeness (QED) is 0.150. The van der Waals surface area contributed by atoms with E-state index >= 15 is 0 Å². The minimum absolute atomic E-state index is 0.125. The molecule has 0 N–H and O–H groups in total. The highest BCUT2D eigenvalue weighted by molar-refractivity contribution is 7.41. The summed E-state index contributed by atoms with van der Waals surface area (Å²) in [5.41, 5.74) is -1.93. The number of hydrogen-bond donors (Lipinski definition) is 0. The summed E-state index contributed by atoms with van der Waals surface area (Å²) in [6.45, 7) is 17.7. The van der Waals surface area contributed by atoms with Gasteiger partial charge in [-0.3, -0.25) is 0 Å². The Hall–Kier alpha value is -1.41. The van der Waals surface area contributed by atoms with Gasteiger partial charge < -0.3 is 23.0 Å². The molecule has 1 aromatic rings. The van der Waals surface area contributed by atoms with Crippen molar-refractivity contribution in [3.05, 3.63) is 29.3 Å². The normalized spacial score (nSPS) is 19.1. The summed E-state index contributed by atoms with van der Waals surface area (Å²) in [7, 11) is -1.69. The molecule has 0 radical (unpaired) electrons. The predicted molar refractivity (Wildman–Crippen MR) is 155 cm³/mol. The maximum Gasteiger partial charge on any atom is 0.419 e. The van der Waals surface area contributed by atoms with Gasteiger partial charge >= 0.3 is 14.8 Å². The van der Waals surface area contributed by atoms with E-state index in [4.69, 9.17) is 28.0 Å². The summed E-state index contributed by atoms with van der Waals surface area (Å²) in [6.07, 6.45) is 0.910. The molecule has 6 nitrogen and oxygen atoms in total. The summed E-state index contributed by atoms with van der Waals surface area (Å²) >= 11 is 0. The zero-order chi connectivity index (χ0) is 30.2. The molecule has 0 saturated carbocycles. The maximum absolute atomic E-state index is 14.0. The number of aryl methyl sites for hydroxylation is 1. The molecule has 0 spiro atoms. The first-order valence-corrected chi connectivity index (χ1v) is 15.4. The number of hydrogen-bond acceptors (Lipinski definition) is 6. The van der Waals surface area contributed by atoms with Crippen molar-refractivity contribution < 1.29 is 36.2 Å². The SMILES string of the molecule is CCCCCCC(C)Oc1ccc(CCC2(COP(OC(C)(C)C)OC(C)(C)C)COC(C)=N2)cc1C(F)(F)F. The first-order valence-electron chi connectivity index (χ1n) is 14.3. The van der Waals surface area contributed by atoms with E-state index in [2.05, 4.69) is 6.92 Å². The molecule has 0 fully saturated rings. The first kappa shape index (κ1) is 34.8. The Morgan fingerprint density at radius 3 is 2.20 bits per heavy atom. The van der Waals surface area contributed by atoms with E-state index in [0.29, 0.717) is 24.3 Å². The van der Waals surface area contributed by atoms with Crippen molar-refractivity contribution in [2.45, 2.75) is 136 Å². The van der Waals surface area contributed by atoms with E-state index in [1.54, 1.807) is 13.0 Å². The molecule has 0 bridgehead atoms. The van der Waals surface area contributed by atoms with Crippen LogP contribution >= 0.6 is 8.60 Å². The van der Waals surface area contributed by atoms with Gasteiger partial charge in [0.2, 0.25) is 0 Å². The van der Waals surface area contributed by atoms with Crippen molar-refractivity contribution in [1.29, 1.82) is 0 Å². The van der Waals surface area contributed by atoms with Crippen molar-refractivity contribution in [2.24, 2.45) is 4.99 Å². The van der Waals surface area contributed by atoms with E-state index in [1.165, 1.54) is 12.1 Å². The fraction of sp³-hybridized carbons (Fsp3) is 0.767. The molecule has 2 atom stereocenters. The van der Waals surface area contributed by atoms with E-state index in [1.807, 2.05) is 48.5 Å². The van der Waals surface area contributed by atoms with E-state index in [-0.39, 0.29) is 25.1 Å². The van der Waals surface area contributed by atoms with Gasteiger partial charge in [0.25, 0.3) is 0 Å². The summed E-state index contributed by atoms with van der Waals surface area (Å²) < 4.78 is 71.7. The highest BCUT2D eigenvalue weighted by Gasteiger charge is 2.39. The van der Waals surface area contributed by atoms with Crippen molar-refractivity contribution in [3.8, 4) is 5.75 Å². The van der Waals surface area contributed by atoms with Gasteiger partial charge in [-0.2, -0.15) is 13.2 Å². The Balaban J connectivity index is 2.15. The van der Waals surface area contributed by atoms with Crippen LogP contribution in [0.3, 0.4) is 0 Å². The van der Waals surface area contributed by atoms with Gasteiger partial charge in [-0.25, -0.2) is 4.99 Å². The molecule has 1 heterocycles. The summed E-state index contributed by atoms with van der Waals surface area (Å²) in [5.74, 6) is 0.397. The largest absolute Gasteiger partial charge is 0.490 e. The van der Waals surface area contributed by atoms with Gasteiger partial charge in [0.15, 0.2) is 5.90 Å². The fourth-order valence-corrected chi connectivity index (χ4v) is 5.55. The van der Waals surface area contributed by atoms with Gasteiger partial charge in [0.05, 0.1) is 29.5 Å². The molecule has 2 rings (SSSR count). The van der Waals surface area contributed by atoms with Crippen LogP contribution in [0.2, 0.25) is 0 Å². The smallest absolute Gasteiger partial charge is 0.419 e. The average molecular weight is 592 g/mol. The Labute approximate surface area is 240 Å². The van der Waals surface area contributed by atoms with Crippen LogP contribution in [0, 0.1) is 0 Å². The van der Waals surface area contributed by atoms with Crippen molar-refractivity contribution in [3.63, 3.8) is 0 Å². The van der Waals surface area contributed by atoms with E-state index < -0.39 is 37.1 Å². The van der Waals surface area contributed by atoms with Crippen molar-refractivity contribution >= 4 is 14.5 Å². The third-order valence-corrected chi connectivity index (χ3v) is 7.83. The van der Waals surface area contributed by atoms with Crippen molar-refractivity contribution in [1.82, 2.24) is 0 Å². The number of benzene rings is 1. The number of rotatable bonds is 15. The highest BCUT2D eigenvalue weighted by atomic mass is 31.2. The molecule has 10 heteroatoms. The zero-order valence-corrected chi connectivity index (χ0v) is 26.6. The average Bonchev–Trinajstić information content (AvgIpc) is 3.18. The summed E-state index contributed by atoms with van der Waals surface area (Å²) in [5, 5.41) is 0. The molecule has 1 aliphatic heterocycles. The third-order valence-electron chi connectivity index (χ3n) is 6.10. The molecule has 0 aromatic heterocycles. The predicted octanol–water partition coefficient (Wildman–Crippen LogP) is 9.44.